The smallest absolute Gasteiger partial charge is 0.0407 e. The summed E-state index contributed by atoms with van der Waals surface area (Å²) in [6.45, 7) is 4.56. The minimum absolute atomic E-state index is 0.575. The second-order valence-electron chi connectivity index (χ2n) is 4.32. The highest BCUT2D eigenvalue weighted by atomic mass is 35.5. The maximum atomic E-state index is 5.82. The van der Waals surface area contributed by atoms with Crippen molar-refractivity contribution >= 4 is 17.3 Å². The van der Waals surface area contributed by atoms with E-state index in [9.17, 15) is 0 Å². The highest BCUT2D eigenvalue weighted by Crippen LogP contribution is 2.41. The van der Waals surface area contributed by atoms with E-state index in [1.165, 1.54) is 12.1 Å². The number of hydrogen-bond acceptors (Lipinski definition) is 1. The van der Waals surface area contributed by atoms with Crippen LogP contribution < -0.4 is 5.32 Å². The summed E-state index contributed by atoms with van der Waals surface area (Å²) in [5.74, 6) is 1.75. The zero-order valence-corrected chi connectivity index (χ0v) is 9.38. The fourth-order valence-corrected chi connectivity index (χ4v) is 2.09. The first-order chi connectivity index (χ1) is 6.66. The largest absolute Gasteiger partial charge is 0.382 e. The van der Waals surface area contributed by atoms with Crippen molar-refractivity contribution < 1.29 is 0 Å². The minimum Gasteiger partial charge on any atom is -0.382 e. The van der Waals surface area contributed by atoms with E-state index < -0.39 is 0 Å². The molecule has 14 heavy (non-hydrogen) atoms. The standard InChI is InChI=1S/C12H16ClN/c1-8-7-12(8)9(2)14-11-5-3-10(13)4-6-11/h3-6,8-9,12,14H,7H2,1-2H3. The molecule has 1 aliphatic carbocycles. The zero-order chi connectivity index (χ0) is 10.1. The molecule has 3 atom stereocenters. The van der Waals surface area contributed by atoms with Gasteiger partial charge >= 0.3 is 0 Å². The first-order valence-corrected chi connectivity index (χ1v) is 5.56. The van der Waals surface area contributed by atoms with Crippen molar-refractivity contribution in [3.63, 3.8) is 0 Å². The Morgan fingerprint density at radius 3 is 2.43 bits per heavy atom. The lowest BCUT2D eigenvalue weighted by Crippen LogP contribution is -2.18. The van der Waals surface area contributed by atoms with Gasteiger partial charge in [0.1, 0.15) is 0 Å². The van der Waals surface area contributed by atoms with Gasteiger partial charge in [-0.2, -0.15) is 0 Å². The van der Waals surface area contributed by atoms with E-state index in [0.717, 1.165) is 16.9 Å². The van der Waals surface area contributed by atoms with Gasteiger partial charge in [0.25, 0.3) is 0 Å². The maximum Gasteiger partial charge on any atom is 0.0407 e. The average molecular weight is 210 g/mol. The summed E-state index contributed by atoms with van der Waals surface area (Å²) in [6, 6.07) is 8.49. The highest BCUT2D eigenvalue weighted by molar-refractivity contribution is 6.30. The van der Waals surface area contributed by atoms with Crippen LogP contribution in [0.4, 0.5) is 5.69 Å². The molecule has 3 unspecified atom stereocenters. The van der Waals surface area contributed by atoms with E-state index in [-0.39, 0.29) is 0 Å². The Labute approximate surface area is 90.5 Å². The number of nitrogens with one attached hydrogen (secondary N) is 1. The van der Waals surface area contributed by atoms with E-state index >= 15 is 0 Å². The topological polar surface area (TPSA) is 12.0 Å². The molecule has 0 aromatic heterocycles. The Bertz CT molecular complexity index is 307. The van der Waals surface area contributed by atoms with Crippen molar-refractivity contribution in [1.29, 1.82) is 0 Å². The van der Waals surface area contributed by atoms with Crippen LogP contribution in [0.25, 0.3) is 0 Å². The molecule has 1 saturated carbocycles. The van der Waals surface area contributed by atoms with E-state index in [0.29, 0.717) is 6.04 Å². The van der Waals surface area contributed by atoms with Gasteiger partial charge in [-0.1, -0.05) is 18.5 Å². The molecule has 76 valence electrons. The third-order valence-corrected chi connectivity index (χ3v) is 3.30. The van der Waals surface area contributed by atoms with Gasteiger partial charge in [-0.25, -0.2) is 0 Å². The first kappa shape index (κ1) is 9.85. The zero-order valence-electron chi connectivity index (χ0n) is 8.63. The molecular weight excluding hydrogens is 194 g/mol. The van der Waals surface area contributed by atoms with Crippen LogP contribution in [-0.4, -0.2) is 6.04 Å². The van der Waals surface area contributed by atoms with Crippen LogP contribution >= 0.6 is 11.6 Å². The molecule has 0 amide bonds. The Hall–Kier alpha value is -0.690. The van der Waals surface area contributed by atoms with Crippen molar-refractivity contribution in [2.75, 3.05) is 5.32 Å². The van der Waals surface area contributed by atoms with Gasteiger partial charge in [-0.15, -0.1) is 0 Å². The molecule has 1 aliphatic rings. The lowest BCUT2D eigenvalue weighted by Gasteiger charge is -2.14. The van der Waals surface area contributed by atoms with Crippen LogP contribution in [-0.2, 0) is 0 Å². The van der Waals surface area contributed by atoms with Gasteiger partial charge < -0.3 is 5.32 Å². The molecule has 0 spiro atoms. The van der Waals surface area contributed by atoms with Gasteiger partial charge in [0.2, 0.25) is 0 Å². The number of rotatable bonds is 3. The van der Waals surface area contributed by atoms with Crippen molar-refractivity contribution in [3.8, 4) is 0 Å². The van der Waals surface area contributed by atoms with Crippen molar-refractivity contribution in [2.24, 2.45) is 11.8 Å². The van der Waals surface area contributed by atoms with Crippen LogP contribution in [0.5, 0.6) is 0 Å². The summed E-state index contributed by atoms with van der Waals surface area (Å²) >= 11 is 5.82. The molecule has 0 bridgehead atoms. The second-order valence-corrected chi connectivity index (χ2v) is 4.75. The van der Waals surface area contributed by atoms with Gasteiger partial charge in [0.15, 0.2) is 0 Å². The average Bonchev–Trinajstić information content (AvgIpc) is 2.87. The Balaban J connectivity index is 1.93. The van der Waals surface area contributed by atoms with Crippen LogP contribution in [0.3, 0.4) is 0 Å². The number of halogens is 1. The molecule has 0 saturated heterocycles. The summed E-state index contributed by atoms with van der Waals surface area (Å²) in [6.07, 6.45) is 1.36. The highest BCUT2D eigenvalue weighted by Gasteiger charge is 2.36. The molecule has 0 aliphatic heterocycles. The van der Waals surface area contributed by atoms with Crippen LogP contribution in [0.2, 0.25) is 5.02 Å². The molecule has 1 aromatic carbocycles. The molecule has 2 heteroatoms. The third kappa shape index (κ3) is 2.21. The van der Waals surface area contributed by atoms with E-state index in [2.05, 4.69) is 19.2 Å². The Kier molecular flexibility index (Phi) is 2.69. The molecule has 0 heterocycles. The lowest BCUT2D eigenvalue weighted by molar-refractivity contribution is 0.645. The molecule has 1 nitrogen and oxygen atoms in total. The van der Waals surface area contributed by atoms with Gasteiger partial charge in [-0.3, -0.25) is 0 Å². The molecule has 0 radical (unpaired) electrons. The van der Waals surface area contributed by atoms with Crippen molar-refractivity contribution in [3.05, 3.63) is 29.3 Å². The summed E-state index contributed by atoms with van der Waals surface area (Å²) in [5.41, 5.74) is 1.17. The Morgan fingerprint density at radius 2 is 1.93 bits per heavy atom. The van der Waals surface area contributed by atoms with Crippen molar-refractivity contribution in [1.82, 2.24) is 0 Å². The molecule has 1 N–H and O–H groups in total. The van der Waals surface area contributed by atoms with Crippen LogP contribution in [0.1, 0.15) is 20.3 Å². The fourth-order valence-electron chi connectivity index (χ4n) is 1.96. The molecular formula is C12H16ClN. The minimum atomic E-state index is 0.575. The SMILES string of the molecule is CC1CC1C(C)Nc1ccc(Cl)cc1. The van der Waals surface area contributed by atoms with Crippen LogP contribution in [0, 0.1) is 11.8 Å². The fraction of sp³-hybridized carbons (Fsp3) is 0.500. The van der Waals surface area contributed by atoms with Gasteiger partial charge in [0, 0.05) is 16.8 Å². The normalized spacial score (nSPS) is 27.1. The predicted molar refractivity (Wildman–Crippen MR) is 61.8 cm³/mol. The summed E-state index contributed by atoms with van der Waals surface area (Å²) < 4.78 is 0. The second kappa shape index (κ2) is 3.82. The summed E-state index contributed by atoms with van der Waals surface area (Å²) in [4.78, 5) is 0. The van der Waals surface area contributed by atoms with Gasteiger partial charge in [-0.05, 0) is 49.4 Å². The van der Waals surface area contributed by atoms with E-state index in [1.807, 2.05) is 24.3 Å². The molecule has 2 rings (SSSR count). The van der Waals surface area contributed by atoms with E-state index in [4.69, 9.17) is 11.6 Å². The van der Waals surface area contributed by atoms with Gasteiger partial charge in [0.05, 0.1) is 0 Å². The molecule has 1 fully saturated rings. The van der Waals surface area contributed by atoms with Crippen LogP contribution in [0.15, 0.2) is 24.3 Å². The quantitative estimate of drug-likeness (QED) is 0.799. The number of anilines is 1. The maximum absolute atomic E-state index is 5.82. The van der Waals surface area contributed by atoms with Crippen molar-refractivity contribution in [2.45, 2.75) is 26.3 Å². The lowest BCUT2D eigenvalue weighted by atomic mass is 10.1. The summed E-state index contributed by atoms with van der Waals surface area (Å²) in [7, 11) is 0. The Morgan fingerprint density at radius 1 is 1.36 bits per heavy atom. The first-order valence-electron chi connectivity index (χ1n) is 5.19. The number of hydrogen-bond donors (Lipinski definition) is 1. The third-order valence-electron chi connectivity index (χ3n) is 3.05. The monoisotopic (exact) mass is 209 g/mol. The summed E-state index contributed by atoms with van der Waals surface area (Å²) in [5, 5.41) is 4.30. The predicted octanol–water partition coefficient (Wildman–Crippen LogP) is 3.80. The van der Waals surface area contributed by atoms with E-state index in [1.54, 1.807) is 0 Å². The molecule has 1 aromatic rings. The number of benzene rings is 1.